The molecule has 2 aliphatic heterocycles. The Morgan fingerprint density at radius 1 is 1.27 bits per heavy atom. The number of hydrogen-bond acceptors (Lipinski definition) is 5. The number of halogens is 1. The number of likely N-dealkylation sites (tertiary alicyclic amines) is 1. The van der Waals surface area contributed by atoms with Gasteiger partial charge in [0.15, 0.2) is 11.1 Å². The zero-order chi connectivity index (χ0) is 17.5. The number of thiazole rings is 1. The van der Waals surface area contributed by atoms with Crippen molar-refractivity contribution in [3.8, 4) is 0 Å². The van der Waals surface area contributed by atoms with E-state index in [0.717, 1.165) is 45.1 Å². The van der Waals surface area contributed by atoms with E-state index < -0.39 is 0 Å². The van der Waals surface area contributed by atoms with Gasteiger partial charge >= 0.3 is 0 Å². The van der Waals surface area contributed by atoms with Crippen molar-refractivity contribution in [1.82, 2.24) is 20.5 Å². The Morgan fingerprint density at radius 2 is 2.08 bits per heavy atom. The summed E-state index contributed by atoms with van der Waals surface area (Å²) < 4.78 is 0. The van der Waals surface area contributed by atoms with Gasteiger partial charge in [0.05, 0.1) is 5.69 Å². The Kier molecular flexibility index (Phi) is 9.41. The Balaban J connectivity index is 0.00000243. The lowest BCUT2D eigenvalue weighted by molar-refractivity contribution is 0.267. The molecule has 0 aliphatic carbocycles. The number of likely N-dealkylation sites (N-methyl/N-ethyl adjacent to an activating group) is 1. The van der Waals surface area contributed by atoms with Gasteiger partial charge in [-0.25, -0.2) is 4.98 Å². The Labute approximate surface area is 178 Å². The van der Waals surface area contributed by atoms with Crippen molar-refractivity contribution in [3.05, 3.63) is 11.1 Å². The molecule has 26 heavy (non-hydrogen) atoms. The quantitative estimate of drug-likeness (QED) is 0.348. The molecular weight excluding hydrogens is 459 g/mol. The molecule has 1 aromatic rings. The molecule has 8 heteroatoms. The van der Waals surface area contributed by atoms with Gasteiger partial charge in [-0.2, -0.15) is 0 Å². The number of hydrogen-bond donors (Lipinski definition) is 2. The normalized spacial score (nSPS) is 21.1. The Hall–Kier alpha value is -0.610. The van der Waals surface area contributed by atoms with Crippen LogP contribution in [0.15, 0.2) is 10.4 Å². The summed E-state index contributed by atoms with van der Waals surface area (Å²) in [7, 11) is 1.84. The summed E-state index contributed by atoms with van der Waals surface area (Å²) in [5.41, 5.74) is 1.18. The summed E-state index contributed by atoms with van der Waals surface area (Å²) in [6, 6.07) is 0.644. The van der Waals surface area contributed by atoms with Gasteiger partial charge in [-0.15, -0.1) is 35.3 Å². The largest absolute Gasteiger partial charge is 0.356 e. The SMILES string of the molecule is CCN1CCCC1CNC(=NC)NCCc1csc(N2CCCC2)n1.I. The first kappa shape index (κ1) is 21.7. The molecule has 148 valence electrons. The Bertz CT molecular complexity index is 558. The highest BCUT2D eigenvalue weighted by Crippen LogP contribution is 2.24. The zero-order valence-electron chi connectivity index (χ0n) is 16.0. The van der Waals surface area contributed by atoms with Gasteiger partial charge in [0.2, 0.25) is 0 Å². The molecule has 2 N–H and O–H groups in total. The van der Waals surface area contributed by atoms with Gasteiger partial charge in [0, 0.05) is 51.1 Å². The molecule has 3 rings (SSSR count). The molecule has 6 nitrogen and oxygen atoms in total. The second-order valence-electron chi connectivity index (χ2n) is 6.87. The molecule has 0 saturated carbocycles. The van der Waals surface area contributed by atoms with E-state index in [0.29, 0.717) is 6.04 Å². The molecule has 0 spiro atoms. The molecule has 2 fully saturated rings. The van der Waals surface area contributed by atoms with Crippen molar-refractivity contribution in [3.63, 3.8) is 0 Å². The molecule has 0 bridgehead atoms. The molecule has 0 amide bonds. The highest BCUT2D eigenvalue weighted by Gasteiger charge is 2.22. The third-order valence-corrected chi connectivity index (χ3v) is 6.17. The summed E-state index contributed by atoms with van der Waals surface area (Å²) in [5.74, 6) is 0.901. The summed E-state index contributed by atoms with van der Waals surface area (Å²) in [6.45, 7) is 8.79. The molecule has 0 aromatic carbocycles. The van der Waals surface area contributed by atoms with E-state index in [1.807, 2.05) is 7.05 Å². The van der Waals surface area contributed by atoms with Crippen molar-refractivity contribution in [1.29, 1.82) is 0 Å². The number of aromatic nitrogens is 1. The lowest BCUT2D eigenvalue weighted by Gasteiger charge is -2.23. The third-order valence-electron chi connectivity index (χ3n) is 5.22. The summed E-state index contributed by atoms with van der Waals surface area (Å²) >= 11 is 1.78. The number of aliphatic imine (C=N–C) groups is 1. The number of nitrogens with zero attached hydrogens (tertiary/aromatic N) is 4. The highest BCUT2D eigenvalue weighted by atomic mass is 127. The summed E-state index contributed by atoms with van der Waals surface area (Å²) in [4.78, 5) is 14.1. The fourth-order valence-corrected chi connectivity index (χ4v) is 4.67. The van der Waals surface area contributed by atoms with Crippen LogP contribution in [0.5, 0.6) is 0 Å². The minimum atomic E-state index is 0. The van der Waals surface area contributed by atoms with Gasteiger partial charge in [-0.05, 0) is 38.8 Å². The lowest BCUT2D eigenvalue weighted by atomic mass is 10.2. The van der Waals surface area contributed by atoms with E-state index in [2.05, 4.69) is 37.7 Å². The van der Waals surface area contributed by atoms with Gasteiger partial charge in [-0.1, -0.05) is 6.92 Å². The minimum absolute atomic E-state index is 0. The maximum absolute atomic E-state index is 4.78. The van der Waals surface area contributed by atoms with Crippen molar-refractivity contribution < 1.29 is 0 Å². The number of anilines is 1. The average Bonchev–Trinajstić information content (AvgIpc) is 3.38. The summed E-state index contributed by atoms with van der Waals surface area (Å²) in [6.07, 6.45) is 6.14. The van der Waals surface area contributed by atoms with Crippen LogP contribution < -0.4 is 15.5 Å². The third kappa shape index (κ3) is 5.95. The maximum atomic E-state index is 4.78. The fourth-order valence-electron chi connectivity index (χ4n) is 3.75. The van der Waals surface area contributed by atoms with Crippen LogP contribution in [-0.2, 0) is 6.42 Å². The van der Waals surface area contributed by atoms with Crippen LogP contribution in [0.4, 0.5) is 5.13 Å². The van der Waals surface area contributed by atoms with Crippen molar-refractivity contribution in [2.24, 2.45) is 4.99 Å². The molecule has 2 aliphatic rings. The van der Waals surface area contributed by atoms with E-state index in [4.69, 9.17) is 4.98 Å². The van der Waals surface area contributed by atoms with E-state index >= 15 is 0 Å². The average molecular weight is 492 g/mol. The Morgan fingerprint density at radius 3 is 2.81 bits per heavy atom. The first-order valence-corrected chi connectivity index (χ1v) is 10.6. The van der Waals surface area contributed by atoms with Gasteiger partial charge in [0.25, 0.3) is 0 Å². The van der Waals surface area contributed by atoms with Crippen LogP contribution in [0.25, 0.3) is 0 Å². The molecular formula is C18H33IN6S. The minimum Gasteiger partial charge on any atom is -0.356 e. The van der Waals surface area contributed by atoms with Crippen LogP contribution in [0.3, 0.4) is 0 Å². The monoisotopic (exact) mass is 492 g/mol. The summed E-state index contributed by atoms with van der Waals surface area (Å²) in [5, 5.41) is 10.3. The van der Waals surface area contributed by atoms with Gasteiger partial charge in [-0.3, -0.25) is 9.89 Å². The number of nitrogens with one attached hydrogen (secondary N) is 2. The number of rotatable bonds is 7. The first-order valence-electron chi connectivity index (χ1n) is 9.68. The predicted octanol–water partition coefficient (Wildman–Crippen LogP) is 2.55. The van der Waals surface area contributed by atoms with Gasteiger partial charge in [0.1, 0.15) is 0 Å². The lowest BCUT2D eigenvalue weighted by Crippen LogP contribution is -2.45. The standard InChI is InChI=1S/C18H32N6S.HI/c1-3-23-12-6-7-16(23)13-21-17(19-2)20-9-8-15-14-25-18(22-15)24-10-4-5-11-24;/h14,16H,3-13H2,1-2H3,(H2,19,20,21);1H. The molecule has 0 radical (unpaired) electrons. The second-order valence-corrected chi connectivity index (χ2v) is 7.71. The van der Waals surface area contributed by atoms with Crippen LogP contribution >= 0.6 is 35.3 Å². The maximum Gasteiger partial charge on any atom is 0.191 e. The second kappa shape index (κ2) is 11.3. The van der Waals surface area contributed by atoms with E-state index in [1.54, 1.807) is 11.3 Å². The van der Waals surface area contributed by atoms with Gasteiger partial charge < -0.3 is 15.5 Å². The van der Waals surface area contributed by atoms with E-state index in [-0.39, 0.29) is 24.0 Å². The van der Waals surface area contributed by atoms with Crippen LogP contribution in [0.1, 0.15) is 38.3 Å². The highest BCUT2D eigenvalue weighted by molar-refractivity contribution is 14.0. The van der Waals surface area contributed by atoms with Crippen LogP contribution in [0, 0.1) is 0 Å². The van der Waals surface area contributed by atoms with Crippen LogP contribution in [-0.4, -0.2) is 68.2 Å². The molecule has 1 unspecified atom stereocenters. The smallest absolute Gasteiger partial charge is 0.191 e. The predicted molar refractivity (Wildman–Crippen MR) is 122 cm³/mol. The topological polar surface area (TPSA) is 55.8 Å². The number of guanidine groups is 1. The molecule has 3 heterocycles. The molecule has 1 atom stereocenters. The zero-order valence-corrected chi connectivity index (χ0v) is 19.2. The van der Waals surface area contributed by atoms with E-state index in [9.17, 15) is 0 Å². The molecule has 2 saturated heterocycles. The first-order chi connectivity index (χ1) is 12.3. The van der Waals surface area contributed by atoms with Crippen LogP contribution in [0.2, 0.25) is 0 Å². The fraction of sp³-hybridized carbons (Fsp3) is 0.778. The van der Waals surface area contributed by atoms with Crippen molar-refractivity contribution >= 4 is 46.4 Å². The molecule has 1 aromatic heterocycles. The van der Waals surface area contributed by atoms with Crippen molar-refractivity contribution in [2.45, 2.75) is 45.1 Å². The van der Waals surface area contributed by atoms with E-state index in [1.165, 1.54) is 43.1 Å². The van der Waals surface area contributed by atoms with Crippen molar-refractivity contribution in [2.75, 3.05) is 51.2 Å².